The van der Waals surface area contributed by atoms with Crippen molar-refractivity contribution in [2.24, 2.45) is 0 Å². The van der Waals surface area contributed by atoms with Crippen LogP contribution in [0, 0.1) is 0 Å². The Balaban J connectivity index is 0.000000581. The largest absolute Gasteiger partial charge is 0.358 e. The van der Waals surface area contributed by atoms with E-state index in [2.05, 4.69) is 9.97 Å². The van der Waals surface area contributed by atoms with Crippen LogP contribution in [0.4, 0.5) is 0 Å². The normalized spacial score (nSPS) is 10.5. The van der Waals surface area contributed by atoms with Gasteiger partial charge >= 0.3 is 0 Å². The van der Waals surface area contributed by atoms with Crippen molar-refractivity contribution in [2.45, 2.75) is 68.2 Å². The van der Waals surface area contributed by atoms with Gasteiger partial charge in [-0.05, 0) is 24.3 Å². The Kier molecular flexibility index (Phi) is 11.2. The van der Waals surface area contributed by atoms with Crippen LogP contribution in [-0.4, -0.2) is 9.97 Å². The molecule has 2 N–H and O–H groups in total. The van der Waals surface area contributed by atoms with Crippen molar-refractivity contribution in [3.05, 3.63) is 91.5 Å². The second-order valence-electron chi connectivity index (χ2n) is 6.27. The number of aromatic nitrogens is 2. The Hall–Kier alpha value is -3.14. The summed E-state index contributed by atoms with van der Waals surface area (Å²) in [5.74, 6) is 0. The number of pyridine rings is 2. The fraction of sp³-hybridized carbons (Fsp3) is 0.357. The van der Waals surface area contributed by atoms with Gasteiger partial charge in [-0.2, -0.15) is 0 Å². The molecule has 2 heterocycles. The maximum absolute atomic E-state index is 12.8. The van der Waals surface area contributed by atoms with Gasteiger partial charge in [0.1, 0.15) is 0 Å². The fourth-order valence-electron chi connectivity index (χ4n) is 3.68. The predicted molar refractivity (Wildman–Crippen MR) is 140 cm³/mol. The lowest BCUT2D eigenvalue weighted by molar-refractivity contribution is 0.905. The Bertz CT molecular complexity index is 1150. The Morgan fingerprint density at radius 2 is 0.844 bits per heavy atom. The SMILES string of the molecule is CC.CC.CC.CC.O=c1c2c([nH]c3ccccc13)Cc1c([nH]c3ccccc3c1=O)C2. The molecule has 1 aliphatic rings. The van der Waals surface area contributed by atoms with Gasteiger partial charge in [-0.25, -0.2) is 0 Å². The van der Waals surface area contributed by atoms with E-state index in [0.717, 1.165) is 33.5 Å². The topological polar surface area (TPSA) is 65.7 Å². The quantitative estimate of drug-likeness (QED) is 0.276. The third-order valence-electron chi connectivity index (χ3n) is 4.90. The molecule has 4 nitrogen and oxygen atoms in total. The maximum atomic E-state index is 12.8. The lowest BCUT2D eigenvalue weighted by Crippen LogP contribution is -2.25. The number of fused-ring (bicyclic) bond motifs is 4. The van der Waals surface area contributed by atoms with E-state index in [-0.39, 0.29) is 10.9 Å². The standard InChI is InChI=1S/C20H14N2O2.4C2H6/c23-19-11-5-1-3-7-15(11)21-17-10-14-18(9-13(17)19)22-16-8-4-2-6-12(16)20(14)24;4*1-2/h1-8H,9-10H2,(H,21,23)(H,22,24);4*1-2H3. The lowest BCUT2D eigenvalue weighted by Gasteiger charge is -2.20. The summed E-state index contributed by atoms with van der Waals surface area (Å²) in [6.07, 6.45) is 0.926. The van der Waals surface area contributed by atoms with Crippen molar-refractivity contribution in [1.82, 2.24) is 9.97 Å². The smallest absolute Gasteiger partial charge is 0.193 e. The molecule has 0 aliphatic heterocycles. The number of aromatic amines is 2. The van der Waals surface area contributed by atoms with E-state index in [1.54, 1.807) is 0 Å². The van der Waals surface area contributed by atoms with Crippen molar-refractivity contribution in [3.63, 3.8) is 0 Å². The molecule has 0 atom stereocenters. The summed E-state index contributed by atoms with van der Waals surface area (Å²) in [5.41, 5.74) is 4.97. The zero-order chi connectivity index (χ0) is 24.3. The average molecular weight is 435 g/mol. The molecule has 5 rings (SSSR count). The number of hydrogen-bond acceptors (Lipinski definition) is 2. The summed E-state index contributed by atoms with van der Waals surface area (Å²) in [5, 5.41) is 1.39. The first-order valence-corrected chi connectivity index (χ1v) is 12.0. The highest BCUT2D eigenvalue weighted by atomic mass is 16.1. The third-order valence-corrected chi connectivity index (χ3v) is 4.90. The van der Waals surface area contributed by atoms with Crippen LogP contribution in [-0.2, 0) is 12.8 Å². The van der Waals surface area contributed by atoms with E-state index in [1.807, 2.05) is 104 Å². The highest BCUT2D eigenvalue weighted by Gasteiger charge is 2.23. The van der Waals surface area contributed by atoms with Gasteiger partial charge in [-0.1, -0.05) is 79.7 Å². The van der Waals surface area contributed by atoms with Crippen LogP contribution >= 0.6 is 0 Å². The van der Waals surface area contributed by atoms with Crippen LogP contribution in [0.25, 0.3) is 21.8 Å². The fourth-order valence-corrected chi connectivity index (χ4v) is 3.68. The van der Waals surface area contributed by atoms with E-state index >= 15 is 0 Å². The van der Waals surface area contributed by atoms with Crippen molar-refractivity contribution in [2.75, 3.05) is 0 Å². The van der Waals surface area contributed by atoms with Gasteiger partial charge in [-0.15, -0.1) is 0 Å². The molecule has 2 aromatic heterocycles. The maximum Gasteiger partial charge on any atom is 0.193 e. The van der Waals surface area contributed by atoms with E-state index in [0.29, 0.717) is 23.6 Å². The minimum absolute atomic E-state index is 0.0546. The van der Waals surface area contributed by atoms with Crippen molar-refractivity contribution >= 4 is 21.8 Å². The van der Waals surface area contributed by atoms with E-state index in [9.17, 15) is 9.59 Å². The van der Waals surface area contributed by atoms with Crippen molar-refractivity contribution in [1.29, 1.82) is 0 Å². The van der Waals surface area contributed by atoms with Gasteiger partial charge in [-0.3, -0.25) is 9.59 Å². The first-order valence-electron chi connectivity index (χ1n) is 12.0. The van der Waals surface area contributed by atoms with E-state index in [1.165, 1.54) is 0 Å². The van der Waals surface area contributed by atoms with Gasteiger partial charge in [0.2, 0.25) is 0 Å². The molecular weight excluding hydrogens is 396 g/mol. The summed E-state index contributed by atoms with van der Waals surface area (Å²) in [6.45, 7) is 16.0. The van der Waals surface area contributed by atoms with Crippen molar-refractivity contribution < 1.29 is 0 Å². The zero-order valence-electron chi connectivity index (χ0n) is 20.8. The second-order valence-corrected chi connectivity index (χ2v) is 6.27. The third kappa shape index (κ3) is 5.18. The van der Waals surface area contributed by atoms with Gasteiger partial charge < -0.3 is 9.97 Å². The van der Waals surface area contributed by atoms with Gasteiger partial charge in [0.15, 0.2) is 10.9 Å². The molecule has 32 heavy (non-hydrogen) atoms. The molecule has 1 aliphatic carbocycles. The van der Waals surface area contributed by atoms with Crippen LogP contribution in [0.3, 0.4) is 0 Å². The number of hydrogen-bond donors (Lipinski definition) is 2. The summed E-state index contributed by atoms with van der Waals surface area (Å²) in [7, 11) is 0. The molecule has 0 amide bonds. The predicted octanol–water partition coefficient (Wildman–Crippen LogP) is 6.97. The Morgan fingerprint density at radius 1 is 0.531 bits per heavy atom. The first kappa shape index (κ1) is 26.9. The van der Waals surface area contributed by atoms with Crippen LogP contribution in [0.5, 0.6) is 0 Å². The van der Waals surface area contributed by atoms with Crippen LogP contribution in [0.2, 0.25) is 0 Å². The molecule has 0 spiro atoms. The molecule has 0 saturated heterocycles. The molecule has 0 unspecified atom stereocenters. The number of benzene rings is 2. The monoisotopic (exact) mass is 434 g/mol. The van der Waals surface area contributed by atoms with E-state index in [4.69, 9.17) is 0 Å². The number of nitrogens with one attached hydrogen (secondary N) is 2. The van der Waals surface area contributed by atoms with Crippen LogP contribution in [0.15, 0.2) is 58.1 Å². The molecule has 4 heteroatoms. The molecular formula is C28H38N2O2. The van der Waals surface area contributed by atoms with Gasteiger partial charge in [0, 0.05) is 57.2 Å². The average Bonchev–Trinajstić information content (AvgIpc) is 2.89. The Labute approximate surface area is 191 Å². The summed E-state index contributed by atoms with van der Waals surface area (Å²) < 4.78 is 0. The lowest BCUT2D eigenvalue weighted by atomic mass is 9.90. The molecule has 0 bridgehead atoms. The highest BCUT2D eigenvalue weighted by molar-refractivity contribution is 5.81. The molecule has 0 radical (unpaired) electrons. The second kappa shape index (κ2) is 13.3. The first-order chi connectivity index (χ1) is 15.7. The van der Waals surface area contributed by atoms with Crippen molar-refractivity contribution in [3.8, 4) is 0 Å². The molecule has 2 aromatic carbocycles. The highest BCUT2D eigenvalue weighted by Crippen LogP contribution is 2.24. The van der Waals surface area contributed by atoms with Gasteiger partial charge in [0.05, 0.1) is 0 Å². The minimum Gasteiger partial charge on any atom is -0.358 e. The summed E-state index contributed by atoms with van der Waals surface area (Å²) in [4.78, 5) is 32.3. The van der Waals surface area contributed by atoms with E-state index < -0.39 is 0 Å². The summed E-state index contributed by atoms with van der Waals surface area (Å²) >= 11 is 0. The summed E-state index contributed by atoms with van der Waals surface area (Å²) in [6, 6.07) is 15.0. The number of H-pyrrole nitrogens is 2. The number of para-hydroxylation sites is 2. The van der Waals surface area contributed by atoms with Crippen LogP contribution in [0.1, 0.15) is 77.9 Å². The molecule has 4 aromatic rings. The molecule has 0 saturated carbocycles. The van der Waals surface area contributed by atoms with Gasteiger partial charge in [0.25, 0.3) is 0 Å². The van der Waals surface area contributed by atoms with Crippen LogP contribution < -0.4 is 10.9 Å². The number of rotatable bonds is 0. The Morgan fingerprint density at radius 3 is 1.19 bits per heavy atom. The minimum atomic E-state index is 0.0546. The zero-order valence-corrected chi connectivity index (χ0v) is 20.8. The molecule has 172 valence electrons. The molecule has 0 fully saturated rings.